The summed E-state index contributed by atoms with van der Waals surface area (Å²) in [6.45, 7) is 3.75. The first kappa shape index (κ1) is 15.3. The molecular weight excluding hydrogens is 274 g/mol. The van der Waals surface area contributed by atoms with E-state index in [2.05, 4.69) is 11.9 Å². The van der Waals surface area contributed by atoms with Gasteiger partial charge in [-0.2, -0.15) is 0 Å². The molecule has 3 unspecified atom stereocenters. The van der Waals surface area contributed by atoms with E-state index in [1.165, 1.54) is 0 Å². The molecule has 2 fully saturated rings. The van der Waals surface area contributed by atoms with Gasteiger partial charge in [-0.3, -0.25) is 9.78 Å². The molecule has 1 aromatic rings. The molecule has 2 N–H and O–H groups in total. The first-order valence-corrected chi connectivity index (χ1v) is 7.19. The minimum atomic E-state index is 0. The molecular formula is C15H22ClN3O. The number of rotatable bonds is 2. The summed E-state index contributed by atoms with van der Waals surface area (Å²) in [4.78, 5) is 18.6. The van der Waals surface area contributed by atoms with E-state index in [4.69, 9.17) is 5.73 Å². The third-order valence-electron chi connectivity index (χ3n) is 4.65. The average Bonchev–Trinajstić information content (AvgIpc) is 3.01. The molecule has 1 aromatic heterocycles. The Bertz CT molecular complexity index is 494. The van der Waals surface area contributed by atoms with Gasteiger partial charge in [0.25, 0.3) is 5.91 Å². The van der Waals surface area contributed by atoms with Gasteiger partial charge >= 0.3 is 0 Å². The molecule has 4 nitrogen and oxygen atoms in total. The van der Waals surface area contributed by atoms with Crippen LogP contribution in [0.15, 0.2) is 18.3 Å². The zero-order valence-corrected chi connectivity index (χ0v) is 12.6. The molecule has 0 bridgehead atoms. The standard InChI is InChI=1S/C15H21N3O.ClH/c1-2-10-5-6-17-14(7-10)15(19)18-8-11-3-4-13(16)12(11)9-18;/h5-7,11-13H,2-4,8-9,16H2,1H3;1H. The van der Waals surface area contributed by atoms with E-state index in [0.717, 1.165) is 37.9 Å². The fourth-order valence-corrected chi connectivity index (χ4v) is 3.45. The number of hydrogen-bond acceptors (Lipinski definition) is 3. The van der Waals surface area contributed by atoms with Crippen molar-refractivity contribution in [1.82, 2.24) is 9.88 Å². The first-order chi connectivity index (χ1) is 9.19. The number of fused-ring (bicyclic) bond motifs is 1. The normalized spacial score (nSPS) is 28.1. The molecule has 0 aromatic carbocycles. The Morgan fingerprint density at radius 3 is 2.95 bits per heavy atom. The molecule has 1 saturated carbocycles. The van der Waals surface area contributed by atoms with Gasteiger partial charge in [-0.05, 0) is 48.8 Å². The molecule has 3 rings (SSSR count). The van der Waals surface area contributed by atoms with Crippen LogP contribution >= 0.6 is 12.4 Å². The molecule has 5 heteroatoms. The van der Waals surface area contributed by atoms with Gasteiger partial charge in [-0.15, -0.1) is 12.4 Å². The summed E-state index contributed by atoms with van der Waals surface area (Å²) in [5.74, 6) is 1.17. The van der Waals surface area contributed by atoms with Crippen molar-refractivity contribution in [3.63, 3.8) is 0 Å². The topological polar surface area (TPSA) is 59.2 Å². The predicted molar refractivity (Wildman–Crippen MR) is 81.0 cm³/mol. The van der Waals surface area contributed by atoms with Crippen molar-refractivity contribution >= 4 is 18.3 Å². The zero-order valence-electron chi connectivity index (χ0n) is 11.8. The number of nitrogens with two attached hydrogens (primary N) is 1. The largest absolute Gasteiger partial charge is 0.337 e. The Labute approximate surface area is 126 Å². The Morgan fingerprint density at radius 2 is 2.25 bits per heavy atom. The lowest BCUT2D eigenvalue weighted by molar-refractivity contribution is 0.0773. The number of likely N-dealkylation sites (tertiary alicyclic amines) is 1. The lowest BCUT2D eigenvalue weighted by Gasteiger charge is -2.18. The van der Waals surface area contributed by atoms with E-state index in [9.17, 15) is 4.79 Å². The second-order valence-corrected chi connectivity index (χ2v) is 5.78. The van der Waals surface area contributed by atoms with Gasteiger partial charge in [-0.1, -0.05) is 6.92 Å². The van der Waals surface area contributed by atoms with Gasteiger partial charge < -0.3 is 10.6 Å². The molecule has 1 amide bonds. The number of aromatic nitrogens is 1. The van der Waals surface area contributed by atoms with Crippen LogP contribution in [-0.4, -0.2) is 34.9 Å². The molecule has 0 spiro atoms. The lowest BCUT2D eigenvalue weighted by Crippen LogP contribution is -2.33. The molecule has 1 aliphatic carbocycles. The summed E-state index contributed by atoms with van der Waals surface area (Å²) in [7, 11) is 0. The number of carbonyl (C=O) groups is 1. The minimum absolute atomic E-state index is 0. The van der Waals surface area contributed by atoms with Crippen LogP contribution in [0.4, 0.5) is 0 Å². The highest BCUT2D eigenvalue weighted by atomic mass is 35.5. The van der Waals surface area contributed by atoms with Gasteiger partial charge in [0.15, 0.2) is 0 Å². The zero-order chi connectivity index (χ0) is 13.4. The van der Waals surface area contributed by atoms with Gasteiger partial charge in [0.05, 0.1) is 0 Å². The van der Waals surface area contributed by atoms with Crippen molar-refractivity contribution in [2.75, 3.05) is 13.1 Å². The Morgan fingerprint density at radius 1 is 1.45 bits per heavy atom. The summed E-state index contributed by atoms with van der Waals surface area (Å²) in [5, 5.41) is 0. The fourth-order valence-electron chi connectivity index (χ4n) is 3.45. The first-order valence-electron chi connectivity index (χ1n) is 7.19. The maximum Gasteiger partial charge on any atom is 0.272 e. The summed E-state index contributed by atoms with van der Waals surface area (Å²) in [6.07, 6.45) is 4.94. The van der Waals surface area contributed by atoms with E-state index in [-0.39, 0.29) is 24.4 Å². The van der Waals surface area contributed by atoms with E-state index < -0.39 is 0 Å². The van der Waals surface area contributed by atoms with Crippen molar-refractivity contribution in [2.24, 2.45) is 17.6 Å². The molecule has 3 atom stereocenters. The van der Waals surface area contributed by atoms with Crippen LogP contribution < -0.4 is 5.73 Å². The number of halogens is 1. The second-order valence-electron chi connectivity index (χ2n) is 5.78. The van der Waals surface area contributed by atoms with Gasteiger partial charge in [0.1, 0.15) is 5.69 Å². The van der Waals surface area contributed by atoms with E-state index in [1.807, 2.05) is 17.0 Å². The highest BCUT2D eigenvalue weighted by Gasteiger charge is 2.42. The fraction of sp³-hybridized carbons (Fsp3) is 0.600. The van der Waals surface area contributed by atoms with Gasteiger partial charge in [0, 0.05) is 25.3 Å². The monoisotopic (exact) mass is 295 g/mol. The highest BCUT2D eigenvalue weighted by Crippen LogP contribution is 2.37. The number of hydrogen-bond donors (Lipinski definition) is 1. The van der Waals surface area contributed by atoms with Crippen LogP contribution in [0.5, 0.6) is 0 Å². The van der Waals surface area contributed by atoms with Crippen molar-refractivity contribution in [3.05, 3.63) is 29.6 Å². The highest BCUT2D eigenvalue weighted by molar-refractivity contribution is 5.92. The molecule has 110 valence electrons. The molecule has 1 saturated heterocycles. The van der Waals surface area contributed by atoms with E-state index >= 15 is 0 Å². The van der Waals surface area contributed by atoms with Crippen LogP contribution in [0.3, 0.4) is 0 Å². The quantitative estimate of drug-likeness (QED) is 0.906. The number of aryl methyl sites for hydroxylation is 1. The minimum Gasteiger partial charge on any atom is -0.337 e. The van der Waals surface area contributed by atoms with Crippen LogP contribution in [-0.2, 0) is 6.42 Å². The second kappa shape index (κ2) is 6.10. The Hall–Kier alpha value is -1.13. The van der Waals surface area contributed by atoms with E-state index in [1.54, 1.807) is 6.20 Å². The van der Waals surface area contributed by atoms with Crippen LogP contribution in [0, 0.1) is 11.8 Å². The SMILES string of the molecule is CCc1ccnc(C(=O)N2CC3CCC(N)C3C2)c1.Cl. The summed E-state index contributed by atoms with van der Waals surface area (Å²) in [5.41, 5.74) is 7.85. The van der Waals surface area contributed by atoms with Gasteiger partial charge in [-0.25, -0.2) is 0 Å². The van der Waals surface area contributed by atoms with Crippen molar-refractivity contribution in [1.29, 1.82) is 0 Å². The van der Waals surface area contributed by atoms with E-state index in [0.29, 0.717) is 17.5 Å². The molecule has 0 radical (unpaired) electrons. The molecule has 2 heterocycles. The van der Waals surface area contributed by atoms with Crippen molar-refractivity contribution in [2.45, 2.75) is 32.2 Å². The molecule has 2 aliphatic rings. The smallest absolute Gasteiger partial charge is 0.272 e. The van der Waals surface area contributed by atoms with Crippen LogP contribution in [0.1, 0.15) is 35.8 Å². The van der Waals surface area contributed by atoms with Crippen LogP contribution in [0.25, 0.3) is 0 Å². The summed E-state index contributed by atoms with van der Waals surface area (Å²) < 4.78 is 0. The average molecular weight is 296 g/mol. The molecule has 20 heavy (non-hydrogen) atoms. The lowest BCUT2D eigenvalue weighted by atomic mass is 9.98. The summed E-state index contributed by atoms with van der Waals surface area (Å²) >= 11 is 0. The maximum atomic E-state index is 12.5. The van der Waals surface area contributed by atoms with Crippen molar-refractivity contribution in [3.8, 4) is 0 Å². The molecule has 1 aliphatic heterocycles. The third kappa shape index (κ3) is 2.67. The van der Waals surface area contributed by atoms with Gasteiger partial charge in [0.2, 0.25) is 0 Å². The number of carbonyl (C=O) groups excluding carboxylic acids is 1. The number of pyridine rings is 1. The Balaban J connectivity index is 0.00000147. The van der Waals surface area contributed by atoms with Crippen LogP contribution in [0.2, 0.25) is 0 Å². The maximum absolute atomic E-state index is 12.5. The van der Waals surface area contributed by atoms with Crippen molar-refractivity contribution < 1.29 is 4.79 Å². The number of nitrogens with zero attached hydrogens (tertiary/aromatic N) is 2. The predicted octanol–water partition coefficient (Wildman–Crippen LogP) is 1.88. The summed E-state index contributed by atoms with van der Waals surface area (Å²) in [6, 6.07) is 4.15. The number of amides is 1. The Kier molecular flexibility index (Phi) is 4.66. The third-order valence-corrected chi connectivity index (χ3v) is 4.65.